The number of amides is 1. The molecule has 0 spiro atoms. The van der Waals surface area contributed by atoms with E-state index in [1.165, 1.54) is 11.2 Å². The van der Waals surface area contributed by atoms with E-state index in [0.29, 0.717) is 23.2 Å². The maximum absolute atomic E-state index is 12.4. The van der Waals surface area contributed by atoms with Crippen LogP contribution in [0, 0.1) is 0 Å². The molecule has 6 heteroatoms. The molecule has 1 fully saturated rings. The molecule has 2 rings (SSSR count). The van der Waals surface area contributed by atoms with E-state index >= 15 is 0 Å². The number of aliphatic carboxylic acids is 1. The predicted molar refractivity (Wildman–Crippen MR) is 72.0 cm³/mol. The molecule has 1 aromatic heterocycles. The number of rotatable bonds is 2. The van der Waals surface area contributed by atoms with Crippen molar-refractivity contribution in [3.8, 4) is 0 Å². The van der Waals surface area contributed by atoms with Crippen LogP contribution in [0.5, 0.6) is 0 Å². The van der Waals surface area contributed by atoms with E-state index in [2.05, 4.69) is 15.9 Å². The fourth-order valence-corrected chi connectivity index (χ4v) is 2.80. The fraction of sp³-hybridized carbons (Fsp3) is 0.538. The van der Waals surface area contributed by atoms with Gasteiger partial charge < -0.3 is 14.4 Å². The Balaban J connectivity index is 2.24. The summed E-state index contributed by atoms with van der Waals surface area (Å²) in [6.45, 7) is 0.480. The summed E-state index contributed by atoms with van der Waals surface area (Å²) in [6, 6.07) is 0.819. The van der Waals surface area contributed by atoms with Crippen molar-refractivity contribution in [2.45, 2.75) is 38.1 Å². The highest BCUT2D eigenvalue weighted by Gasteiger charge is 2.31. The highest BCUT2D eigenvalue weighted by molar-refractivity contribution is 9.10. The van der Waals surface area contributed by atoms with Crippen molar-refractivity contribution in [2.75, 3.05) is 6.54 Å². The third kappa shape index (κ3) is 3.18. The first-order chi connectivity index (χ1) is 9.11. The second kappa shape index (κ2) is 6.23. The van der Waals surface area contributed by atoms with Gasteiger partial charge in [0, 0.05) is 6.54 Å². The molecule has 1 atom stereocenters. The smallest absolute Gasteiger partial charge is 0.326 e. The van der Waals surface area contributed by atoms with Crippen molar-refractivity contribution in [1.29, 1.82) is 0 Å². The average molecular weight is 330 g/mol. The van der Waals surface area contributed by atoms with Gasteiger partial charge in [0.25, 0.3) is 5.91 Å². The first-order valence-electron chi connectivity index (χ1n) is 6.38. The molecule has 1 aromatic rings. The number of halogens is 1. The first-order valence-corrected chi connectivity index (χ1v) is 7.17. The zero-order valence-corrected chi connectivity index (χ0v) is 12.1. The molecule has 19 heavy (non-hydrogen) atoms. The van der Waals surface area contributed by atoms with Crippen molar-refractivity contribution in [3.05, 3.63) is 22.6 Å². The Kier molecular flexibility index (Phi) is 4.63. The number of carbonyl (C=O) groups excluding carboxylic acids is 1. The van der Waals surface area contributed by atoms with Crippen LogP contribution < -0.4 is 0 Å². The van der Waals surface area contributed by atoms with Gasteiger partial charge in [-0.2, -0.15) is 0 Å². The molecule has 0 aliphatic carbocycles. The van der Waals surface area contributed by atoms with Crippen molar-refractivity contribution in [2.24, 2.45) is 0 Å². The van der Waals surface area contributed by atoms with Gasteiger partial charge in [0.15, 0.2) is 4.67 Å². The summed E-state index contributed by atoms with van der Waals surface area (Å²) >= 11 is 3.16. The molecule has 2 heterocycles. The summed E-state index contributed by atoms with van der Waals surface area (Å²) in [4.78, 5) is 25.2. The number of hydrogen-bond acceptors (Lipinski definition) is 3. The SMILES string of the molecule is O=C(O)C1CCCCCCN1C(=O)c1ccoc1Br. The average Bonchev–Trinajstić information content (AvgIpc) is 2.74. The van der Waals surface area contributed by atoms with Crippen molar-refractivity contribution >= 4 is 27.8 Å². The summed E-state index contributed by atoms with van der Waals surface area (Å²) in [6.07, 6.45) is 5.66. The van der Waals surface area contributed by atoms with Crippen LogP contribution in [0.15, 0.2) is 21.4 Å². The van der Waals surface area contributed by atoms with Gasteiger partial charge in [-0.15, -0.1) is 0 Å². The number of carboxylic acids is 1. The van der Waals surface area contributed by atoms with Crippen molar-refractivity contribution in [1.82, 2.24) is 4.90 Å². The molecule has 0 radical (unpaired) electrons. The minimum absolute atomic E-state index is 0.282. The lowest BCUT2D eigenvalue weighted by atomic mass is 10.0. The molecule has 1 N–H and O–H groups in total. The summed E-state index contributed by atoms with van der Waals surface area (Å²) in [5.41, 5.74) is 0.381. The zero-order valence-electron chi connectivity index (χ0n) is 10.5. The Labute approximate surface area is 119 Å². The molecule has 1 aliphatic rings. The number of nitrogens with zero attached hydrogens (tertiary/aromatic N) is 1. The van der Waals surface area contributed by atoms with Crippen molar-refractivity contribution in [3.63, 3.8) is 0 Å². The number of likely N-dealkylation sites (tertiary alicyclic amines) is 1. The zero-order chi connectivity index (χ0) is 13.8. The first kappa shape index (κ1) is 14.1. The second-order valence-electron chi connectivity index (χ2n) is 4.66. The fourth-order valence-electron chi connectivity index (χ4n) is 2.39. The Bertz CT molecular complexity index is 471. The largest absolute Gasteiger partial charge is 0.480 e. The molecule has 1 aliphatic heterocycles. The highest BCUT2D eigenvalue weighted by atomic mass is 79.9. The van der Waals surface area contributed by atoms with Crippen molar-refractivity contribution < 1.29 is 19.1 Å². The van der Waals surface area contributed by atoms with Gasteiger partial charge in [0.05, 0.1) is 11.8 Å². The lowest BCUT2D eigenvalue weighted by molar-refractivity contribution is -0.142. The number of furan rings is 1. The molecule has 0 saturated carbocycles. The lowest BCUT2D eigenvalue weighted by Gasteiger charge is -2.30. The van der Waals surface area contributed by atoms with Crippen LogP contribution in [0.25, 0.3) is 0 Å². The maximum atomic E-state index is 12.4. The molecule has 5 nitrogen and oxygen atoms in total. The van der Waals surface area contributed by atoms with E-state index in [-0.39, 0.29) is 5.91 Å². The van der Waals surface area contributed by atoms with Crippen LogP contribution in [0.2, 0.25) is 0 Å². The molecule has 0 bridgehead atoms. The van der Waals surface area contributed by atoms with Crippen LogP contribution in [-0.2, 0) is 4.79 Å². The predicted octanol–water partition coefficient (Wildman–Crippen LogP) is 2.90. The number of hydrogen-bond donors (Lipinski definition) is 1. The monoisotopic (exact) mass is 329 g/mol. The van der Waals surface area contributed by atoms with Gasteiger partial charge in [0.1, 0.15) is 6.04 Å². The summed E-state index contributed by atoms with van der Waals surface area (Å²) in [5.74, 6) is -1.22. The molecular weight excluding hydrogens is 314 g/mol. The number of carboxylic acid groups (broad SMARTS) is 1. The maximum Gasteiger partial charge on any atom is 0.326 e. The lowest BCUT2D eigenvalue weighted by Crippen LogP contribution is -2.46. The van der Waals surface area contributed by atoms with Gasteiger partial charge in [-0.05, 0) is 34.8 Å². The third-order valence-electron chi connectivity index (χ3n) is 3.40. The minimum Gasteiger partial charge on any atom is -0.480 e. The van der Waals surface area contributed by atoms with E-state index in [0.717, 1.165) is 25.7 Å². The van der Waals surface area contributed by atoms with E-state index in [9.17, 15) is 14.7 Å². The van der Waals surface area contributed by atoms with E-state index in [4.69, 9.17) is 4.42 Å². The molecule has 104 valence electrons. The van der Waals surface area contributed by atoms with Crippen LogP contribution in [0.4, 0.5) is 0 Å². The van der Waals surface area contributed by atoms with Crippen LogP contribution >= 0.6 is 15.9 Å². The molecule has 1 saturated heterocycles. The summed E-state index contributed by atoms with van der Waals surface area (Å²) in [5, 5.41) is 9.31. The van der Waals surface area contributed by atoms with E-state index < -0.39 is 12.0 Å². The second-order valence-corrected chi connectivity index (χ2v) is 5.38. The summed E-state index contributed by atoms with van der Waals surface area (Å²) < 4.78 is 5.40. The Morgan fingerprint density at radius 1 is 1.32 bits per heavy atom. The normalized spacial score (nSPS) is 20.7. The standard InChI is InChI=1S/C13H16BrNO4/c14-11-9(6-8-19-11)12(16)15-7-4-2-1-3-5-10(15)13(17)18/h6,8,10H,1-5,7H2,(H,17,18). The molecule has 1 unspecified atom stereocenters. The van der Waals surface area contributed by atoms with E-state index in [1.54, 1.807) is 6.07 Å². The van der Waals surface area contributed by atoms with Gasteiger partial charge in [-0.3, -0.25) is 4.79 Å². The molecular formula is C13H16BrNO4. The van der Waals surface area contributed by atoms with E-state index in [1.807, 2.05) is 0 Å². The van der Waals surface area contributed by atoms with Gasteiger partial charge in [0.2, 0.25) is 0 Å². The molecule has 0 aromatic carbocycles. The number of carbonyl (C=O) groups is 2. The van der Waals surface area contributed by atoms with Crippen LogP contribution in [0.1, 0.15) is 42.5 Å². The highest BCUT2D eigenvalue weighted by Crippen LogP contribution is 2.24. The van der Waals surface area contributed by atoms with Crippen LogP contribution in [0.3, 0.4) is 0 Å². The topological polar surface area (TPSA) is 70.8 Å². The van der Waals surface area contributed by atoms with Gasteiger partial charge >= 0.3 is 5.97 Å². The molecule has 1 amide bonds. The Morgan fingerprint density at radius 2 is 2.05 bits per heavy atom. The summed E-state index contributed by atoms with van der Waals surface area (Å²) in [7, 11) is 0. The van der Waals surface area contributed by atoms with Gasteiger partial charge in [-0.25, -0.2) is 4.79 Å². The quantitative estimate of drug-likeness (QED) is 0.905. The van der Waals surface area contributed by atoms with Crippen LogP contribution in [-0.4, -0.2) is 34.5 Å². The third-order valence-corrected chi connectivity index (χ3v) is 4.01. The minimum atomic E-state index is -0.935. The Morgan fingerprint density at radius 3 is 2.68 bits per heavy atom. The Hall–Kier alpha value is -1.30. The van der Waals surface area contributed by atoms with Gasteiger partial charge in [-0.1, -0.05) is 19.3 Å².